The normalized spacial score (nSPS) is 11.9. The molecule has 0 atom stereocenters. The van der Waals surface area contributed by atoms with Gasteiger partial charge in [0.15, 0.2) is 5.75 Å². The van der Waals surface area contributed by atoms with Gasteiger partial charge >= 0.3 is 5.97 Å². The van der Waals surface area contributed by atoms with Gasteiger partial charge in [0, 0.05) is 18.0 Å². The van der Waals surface area contributed by atoms with Gasteiger partial charge in [-0.3, -0.25) is 9.59 Å². The molecule has 0 fully saturated rings. The van der Waals surface area contributed by atoms with E-state index in [-0.39, 0.29) is 11.3 Å². The summed E-state index contributed by atoms with van der Waals surface area (Å²) in [6.07, 6.45) is 0. The van der Waals surface area contributed by atoms with Crippen molar-refractivity contribution in [1.29, 1.82) is 0 Å². The lowest BCUT2D eigenvalue weighted by Crippen LogP contribution is -2.29. The zero-order chi connectivity index (χ0) is 21.0. The van der Waals surface area contributed by atoms with Gasteiger partial charge in [-0.25, -0.2) is 4.68 Å². The Bertz CT molecular complexity index is 1160. The number of rotatable bonds is 2. The van der Waals surface area contributed by atoms with E-state index in [1.165, 1.54) is 4.68 Å². The molecule has 148 valence electrons. The summed E-state index contributed by atoms with van der Waals surface area (Å²) in [7, 11) is 1.59. The van der Waals surface area contributed by atoms with Gasteiger partial charge in [-0.2, -0.15) is 5.10 Å². The van der Waals surface area contributed by atoms with Crippen molar-refractivity contribution >= 4 is 16.9 Å². The number of fused-ring (bicyclic) bond motifs is 1. The van der Waals surface area contributed by atoms with Gasteiger partial charge < -0.3 is 9.15 Å². The lowest BCUT2D eigenvalue weighted by molar-refractivity contribution is -0.143. The van der Waals surface area contributed by atoms with Crippen molar-refractivity contribution in [1.82, 2.24) is 9.78 Å². The maximum Gasteiger partial charge on any atom is 0.316 e. The average Bonchev–Trinajstić information content (AvgIpc) is 2.88. The van der Waals surface area contributed by atoms with Crippen LogP contribution in [0.15, 0.2) is 21.3 Å². The zero-order valence-corrected chi connectivity index (χ0v) is 17.7. The first-order chi connectivity index (χ1) is 12.9. The summed E-state index contributed by atoms with van der Waals surface area (Å²) in [6.45, 7) is 12.8. The first-order valence-corrected chi connectivity index (χ1v) is 9.22. The van der Waals surface area contributed by atoms with E-state index in [2.05, 4.69) is 5.10 Å². The summed E-state index contributed by atoms with van der Waals surface area (Å²) < 4.78 is 13.0. The Morgan fingerprint density at radius 3 is 2.36 bits per heavy atom. The van der Waals surface area contributed by atoms with Crippen LogP contribution in [0.25, 0.3) is 22.1 Å². The summed E-state index contributed by atoms with van der Waals surface area (Å²) in [6, 6.07) is 4.02. The minimum Gasteiger partial charge on any atom is -0.460 e. The molecule has 0 spiro atoms. The zero-order valence-electron chi connectivity index (χ0n) is 17.7. The smallest absolute Gasteiger partial charge is 0.316 e. The number of aryl methyl sites for hydroxylation is 5. The fourth-order valence-corrected chi connectivity index (χ4v) is 3.33. The molecule has 1 aromatic carbocycles. The number of ether oxygens (including phenoxy) is 1. The summed E-state index contributed by atoms with van der Waals surface area (Å²) in [5, 5.41) is 5.04. The van der Waals surface area contributed by atoms with Crippen molar-refractivity contribution in [3.05, 3.63) is 45.1 Å². The molecule has 0 N–H and O–H groups in total. The fourth-order valence-electron chi connectivity index (χ4n) is 3.33. The lowest BCUT2D eigenvalue weighted by atomic mass is 9.97. The first-order valence-electron chi connectivity index (χ1n) is 9.22. The molecule has 6 nitrogen and oxygen atoms in total. The first kappa shape index (κ1) is 19.9. The van der Waals surface area contributed by atoms with Crippen molar-refractivity contribution in [3.8, 4) is 16.9 Å². The summed E-state index contributed by atoms with van der Waals surface area (Å²) >= 11 is 0. The number of nitrogens with zero attached hydrogens (tertiary/aromatic N) is 2. The molecule has 0 saturated heterocycles. The quantitative estimate of drug-likeness (QED) is 0.615. The van der Waals surface area contributed by atoms with Crippen LogP contribution in [-0.4, -0.2) is 15.7 Å². The van der Waals surface area contributed by atoms with Crippen LogP contribution >= 0.6 is 0 Å². The molecule has 2 aromatic heterocycles. The summed E-state index contributed by atoms with van der Waals surface area (Å²) in [4.78, 5) is 25.7. The van der Waals surface area contributed by atoms with Gasteiger partial charge in [-0.15, -0.1) is 0 Å². The lowest BCUT2D eigenvalue weighted by Gasteiger charge is -2.19. The molecule has 3 aromatic rings. The highest BCUT2D eigenvalue weighted by Gasteiger charge is 2.29. The third-order valence-corrected chi connectivity index (χ3v) is 4.72. The minimum absolute atomic E-state index is 0.188. The van der Waals surface area contributed by atoms with Crippen molar-refractivity contribution in [3.63, 3.8) is 0 Å². The molecule has 0 saturated carbocycles. The highest BCUT2D eigenvalue weighted by atomic mass is 16.5. The molecule has 0 radical (unpaired) electrons. The van der Waals surface area contributed by atoms with Crippen LogP contribution in [0, 0.1) is 33.1 Å². The molecule has 0 bridgehead atoms. The molecule has 0 aliphatic heterocycles. The molecule has 28 heavy (non-hydrogen) atoms. The average molecular weight is 382 g/mol. The molecule has 0 aliphatic rings. The number of carbonyl (C=O) groups is 1. The molecule has 0 aliphatic carbocycles. The second-order valence-electron chi connectivity index (χ2n) is 8.35. The highest BCUT2D eigenvalue weighted by molar-refractivity contribution is 5.99. The van der Waals surface area contributed by atoms with E-state index < -0.39 is 11.4 Å². The van der Waals surface area contributed by atoms with E-state index in [1.807, 2.05) is 32.9 Å². The largest absolute Gasteiger partial charge is 0.460 e. The minimum atomic E-state index is -0.717. The van der Waals surface area contributed by atoms with Crippen LogP contribution in [-0.2, 0) is 11.8 Å². The number of furan rings is 1. The standard InChI is InChI=1S/C22H26N2O4/c1-11-9-12(2)18-15(10-11)16(14(4)27-18)17-19(28-21(26)22(5,6)7)13(3)23-24(8)20(17)25/h9-10H,1-8H3. The van der Waals surface area contributed by atoms with Gasteiger partial charge in [0.05, 0.1) is 11.0 Å². The van der Waals surface area contributed by atoms with Gasteiger partial charge in [-0.05, 0) is 65.7 Å². The molecule has 0 unspecified atom stereocenters. The van der Waals surface area contributed by atoms with E-state index in [0.717, 1.165) is 22.1 Å². The Hall–Kier alpha value is -2.89. The Balaban J connectivity index is 2.40. The van der Waals surface area contributed by atoms with Crippen LogP contribution in [0.4, 0.5) is 0 Å². The molecular weight excluding hydrogens is 356 g/mol. The van der Waals surface area contributed by atoms with Crippen LogP contribution in [0.5, 0.6) is 5.75 Å². The number of aromatic nitrogens is 2. The van der Waals surface area contributed by atoms with Gasteiger partial charge in [0.25, 0.3) is 5.56 Å². The van der Waals surface area contributed by atoms with Crippen LogP contribution in [0.2, 0.25) is 0 Å². The third-order valence-electron chi connectivity index (χ3n) is 4.72. The predicted molar refractivity (Wildman–Crippen MR) is 109 cm³/mol. The molecule has 2 heterocycles. The van der Waals surface area contributed by atoms with E-state index in [1.54, 1.807) is 34.7 Å². The van der Waals surface area contributed by atoms with Crippen LogP contribution in [0.1, 0.15) is 43.4 Å². The monoisotopic (exact) mass is 382 g/mol. The SMILES string of the molecule is Cc1cc(C)c2oc(C)c(-c3c(OC(=O)C(C)(C)C)c(C)nn(C)c3=O)c2c1. The summed E-state index contributed by atoms with van der Waals surface area (Å²) in [5.74, 6) is 0.358. The Morgan fingerprint density at radius 1 is 1.11 bits per heavy atom. The maximum absolute atomic E-state index is 13.1. The second kappa shape index (κ2) is 6.62. The van der Waals surface area contributed by atoms with Gasteiger partial charge in [0.2, 0.25) is 0 Å². The van der Waals surface area contributed by atoms with Crippen LogP contribution in [0.3, 0.4) is 0 Å². The predicted octanol–water partition coefficient (Wildman–Crippen LogP) is 4.38. The van der Waals surface area contributed by atoms with E-state index in [4.69, 9.17) is 9.15 Å². The molecule has 0 amide bonds. The number of hydrogen-bond donors (Lipinski definition) is 0. The topological polar surface area (TPSA) is 74.3 Å². The van der Waals surface area contributed by atoms with Crippen molar-refractivity contribution in [2.24, 2.45) is 12.5 Å². The number of hydrogen-bond acceptors (Lipinski definition) is 5. The van der Waals surface area contributed by atoms with E-state index in [9.17, 15) is 9.59 Å². The van der Waals surface area contributed by atoms with Crippen molar-refractivity contribution in [2.45, 2.75) is 48.5 Å². The maximum atomic E-state index is 13.1. The fraction of sp³-hybridized carbons (Fsp3) is 0.409. The number of benzene rings is 1. The van der Waals surface area contributed by atoms with Crippen molar-refractivity contribution in [2.75, 3.05) is 0 Å². The summed E-state index contributed by atoms with van der Waals surface area (Å²) in [5.41, 5.74) is 3.12. The van der Waals surface area contributed by atoms with Crippen LogP contribution < -0.4 is 10.3 Å². The number of carbonyl (C=O) groups excluding carboxylic acids is 1. The Labute approximate surface area is 164 Å². The second-order valence-corrected chi connectivity index (χ2v) is 8.35. The molecular formula is C22H26N2O4. The molecule has 3 rings (SSSR count). The van der Waals surface area contributed by atoms with E-state index >= 15 is 0 Å². The number of esters is 1. The van der Waals surface area contributed by atoms with Gasteiger partial charge in [0.1, 0.15) is 17.0 Å². The van der Waals surface area contributed by atoms with E-state index in [0.29, 0.717) is 22.6 Å². The van der Waals surface area contributed by atoms with Gasteiger partial charge in [-0.1, -0.05) is 6.07 Å². The Morgan fingerprint density at radius 2 is 1.75 bits per heavy atom. The molecule has 6 heteroatoms. The third kappa shape index (κ3) is 3.23. The van der Waals surface area contributed by atoms with Crippen molar-refractivity contribution < 1.29 is 13.9 Å². The Kier molecular flexibility index (Phi) is 4.69. The highest BCUT2D eigenvalue weighted by Crippen LogP contribution is 2.40.